The van der Waals surface area contributed by atoms with Crippen LogP contribution >= 0.6 is 11.8 Å². The minimum Gasteiger partial charge on any atom is -0.477 e. The number of carbonyl (C=O) groups is 1. The minimum absolute atomic E-state index is 0.0188. The van der Waals surface area contributed by atoms with Crippen LogP contribution in [0.15, 0.2) is 35.4 Å². The summed E-state index contributed by atoms with van der Waals surface area (Å²) in [4.78, 5) is 28.5. The highest BCUT2D eigenvalue weighted by atomic mass is 32.2. The molecule has 3 aromatic heterocycles. The van der Waals surface area contributed by atoms with Crippen molar-refractivity contribution in [1.29, 1.82) is 0 Å². The van der Waals surface area contributed by atoms with Crippen molar-refractivity contribution in [1.82, 2.24) is 25.1 Å². The fourth-order valence-corrected chi connectivity index (χ4v) is 4.17. The fraction of sp³-hybridized carbons (Fsp3) is 0.250. The fourth-order valence-electron chi connectivity index (χ4n) is 3.61. The van der Waals surface area contributed by atoms with E-state index in [0.29, 0.717) is 49.0 Å². The molecule has 0 aliphatic carbocycles. The van der Waals surface area contributed by atoms with E-state index in [2.05, 4.69) is 20.1 Å². The molecule has 0 unspecified atom stereocenters. The number of aromatic carboxylic acids is 1. The number of fused-ring (bicyclic) bond motifs is 2. The van der Waals surface area contributed by atoms with E-state index >= 15 is 0 Å². The Balaban J connectivity index is 1.82. The van der Waals surface area contributed by atoms with Gasteiger partial charge in [-0.05, 0) is 18.4 Å². The summed E-state index contributed by atoms with van der Waals surface area (Å²) in [5.74, 6) is 0.0979. The first-order valence-corrected chi connectivity index (χ1v) is 10.6. The highest BCUT2D eigenvalue weighted by Gasteiger charge is 2.23. The largest absolute Gasteiger partial charge is 0.477 e. The molecule has 152 valence electrons. The van der Waals surface area contributed by atoms with Gasteiger partial charge in [-0.3, -0.25) is 5.10 Å². The molecular weight excluding hydrogens is 404 g/mol. The molecule has 0 spiro atoms. The third-order valence-electron chi connectivity index (χ3n) is 5.07. The van der Waals surface area contributed by atoms with Gasteiger partial charge in [-0.1, -0.05) is 12.1 Å². The molecule has 4 aromatic rings. The van der Waals surface area contributed by atoms with Gasteiger partial charge in [0.05, 0.1) is 24.9 Å². The Morgan fingerprint density at radius 2 is 2.03 bits per heavy atom. The Hall–Kier alpha value is -3.24. The monoisotopic (exact) mass is 422 g/mol. The predicted molar refractivity (Wildman–Crippen MR) is 114 cm³/mol. The number of anilines is 1. The first-order valence-electron chi connectivity index (χ1n) is 9.41. The average molecular weight is 422 g/mol. The van der Waals surface area contributed by atoms with Crippen LogP contribution in [0.3, 0.4) is 0 Å². The molecule has 10 heteroatoms. The first-order chi connectivity index (χ1) is 14.7. The topological polar surface area (TPSA) is 117 Å². The number of carboxylic acids is 1. The number of H-pyrrole nitrogens is 1. The van der Waals surface area contributed by atoms with Crippen molar-refractivity contribution in [2.75, 3.05) is 37.5 Å². The highest BCUT2D eigenvalue weighted by Crippen LogP contribution is 2.34. The molecule has 1 saturated heterocycles. The summed E-state index contributed by atoms with van der Waals surface area (Å²) in [5, 5.41) is 17.6. The lowest BCUT2D eigenvalue weighted by Crippen LogP contribution is -2.37. The van der Waals surface area contributed by atoms with Crippen LogP contribution in [-0.4, -0.2) is 68.8 Å². The van der Waals surface area contributed by atoms with Gasteiger partial charge in [0.1, 0.15) is 16.7 Å². The van der Waals surface area contributed by atoms with E-state index in [1.807, 2.05) is 24.5 Å². The zero-order chi connectivity index (χ0) is 20.7. The van der Waals surface area contributed by atoms with Crippen LogP contribution < -0.4 is 4.90 Å². The summed E-state index contributed by atoms with van der Waals surface area (Å²) in [7, 11) is 0. The molecule has 0 saturated carbocycles. The van der Waals surface area contributed by atoms with Crippen molar-refractivity contribution in [3.8, 4) is 11.4 Å². The number of nitrogens with one attached hydrogen (secondary N) is 1. The third kappa shape index (κ3) is 3.14. The quantitative estimate of drug-likeness (QED) is 0.479. The van der Waals surface area contributed by atoms with Crippen LogP contribution in [-0.2, 0) is 4.74 Å². The van der Waals surface area contributed by atoms with Gasteiger partial charge in [0.15, 0.2) is 11.6 Å². The number of rotatable bonds is 4. The van der Waals surface area contributed by atoms with E-state index in [9.17, 15) is 9.90 Å². The minimum atomic E-state index is -1.08. The number of nitrogens with zero attached hydrogens (tertiary/aromatic N) is 5. The van der Waals surface area contributed by atoms with Gasteiger partial charge in [0.2, 0.25) is 0 Å². The molecule has 30 heavy (non-hydrogen) atoms. The molecule has 1 aromatic carbocycles. The average Bonchev–Trinajstić information content (AvgIpc) is 3.27. The summed E-state index contributed by atoms with van der Waals surface area (Å²) in [6, 6.07) is 7.40. The number of aromatic nitrogens is 5. The van der Waals surface area contributed by atoms with Crippen LogP contribution in [0.2, 0.25) is 0 Å². The molecule has 0 bridgehead atoms. The number of benzene rings is 1. The lowest BCUT2D eigenvalue weighted by Gasteiger charge is -2.28. The third-order valence-corrected chi connectivity index (χ3v) is 5.83. The number of thioether (sulfide) groups is 1. The Bertz CT molecular complexity index is 1270. The molecule has 1 fully saturated rings. The van der Waals surface area contributed by atoms with Gasteiger partial charge >= 0.3 is 5.97 Å². The maximum atomic E-state index is 11.6. The van der Waals surface area contributed by atoms with Crippen molar-refractivity contribution in [3.63, 3.8) is 0 Å². The van der Waals surface area contributed by atoms with Crippen LogP contribution in [0, 0.1) is 0 Å². The first kappa shape index (κ1) is 18.8. The normalized spacial score (nSPS) is 14.5. The number of morpholine rings is 1. The lowest BCUT2D eigenvalue weighted by molar-refractivity contribution is 0.0690. The summed E-state index contributed by atoms with van der Waals surface area (Å²) in [6.45, 7) is 2.45. The van der Waals surface area contributed by atoms with E-state index in [-0.39, 0.29) is 5.69 Å². The summed E-state index contributed by atoms with van der Waals surface area (Å²) in [5.41, 5.74) is 2.86. The molecule has 2 N–H and O–H groups in total. The number of hydrogen-bond donors (Lipinski definition) is 2. The zero-order valence-electron chi connectivity index (χ0n) is 16.1. The van der Waals surface area contributed by atoms with Gasteiger partial charge in [-0.15, -0.1) is 11.8 Å². The Morgan fingerprint density at radius 1 is 1.20 bits per heavy atom. The van der Waals surface area contributed by atoms with Crippen molar-refractivity contribution in [2.24, 2.45) is 0 Å². The van der Waals surface area contributed by atoms with Gasteiger partial charge < -0.3 is 14.7 Å². The molecule has 5 rings (SSSR count). The smallest absolute Gasteiger partial charge is 0.354 e. The van der Waals surface area contributed by atoms with Gasteiger partial charge in [-0.25, -0.2) is 19.7 Å². The van der Waals surface area contributed by atoms with Crippen LogP contribution in [0.4, 0.5) is 5.82 Å². The number of aromatic amines is 1. The Kier molecular flexibility index (Phi) is 4.72. The van der Waals surface area contributed by atoms with Gasteiger partial charge in [-0.2, -0.15) is 5.10 Å². The molecule has 0 radical (unpaired) electrons. The predicted octanol–water partition coefficient (Wildman–Crippen LogP) is 2.82. The van der Waals surface area contributed by atoms with Crippen LogP contribution in [0.25, 0.3) is 33.3 Å². The van der Waals surface area contributed by atoms with Crippen molar-refractivity contribution < 1.29 is 14.6 Å². The standard InChI is InChI=1S/C20H18N6O3S/c1-30-15-9-14(20(27)28)22-17-16(15)23-18(24-19(17)26-5-7-29-8-6-26)11-3-2-4-13-12(11)10-21-25-13/h2-4,9-10H,5-8H2,1H3,(H,21,25)(H,27,28). The van der Waals surface area contributed by atoms with Crippen molar-refractivity contribution in [2.45, 2.75) is 4.90 Å². The van der Waals surface area contributed by atoms with Gasteiger partial charge in [0, 0.05) is 28.9 Å². The number of hydrogen-bond acceptors (Lipinski definition) is 8. The lowest BCUT2D eigenvalue weighted by atomic mass is 10.1. The van der Waals surface area contributed by atoms with Crippen molar-refractivity contribution in [3.05, 3.63) is 36.2 Å². The Labute approximate surface area is 175 Å². The van der Waals surface area contributed by atoms with Gasteiger partial charge in [0.25, 0.3) is 0 Å². The molecule has 0 amide bonds. The maximum Gasteiger partial charge on any atom is 0.354 e. The van der Waals surface area contributed by atoms with Crippen molar-refractivity contribution >= 4 is 45.5 Å². The molecule has 1 aliphatic rings. The number of pyridine rings is 1. The second-order valence-corrected chi connectivity index (χ2v) is 7.67. The summed E-state index contributed by atoms with van der Waals surface area (Å²) < 4.78 is 5.49. The molecule has 0 atom stereocenters. The van der Waals surface area contributed by atoms with E-state index < -0.39 is 5.97 Å². The second-order valence-electron chi connectivity index (χ2n) is 6.82. The Morgan fingerprint density at radius 3 is 2.80 bits per heavy atom. The summed E-state index contributed by atoms with van der Waals surface area (Å²) >= 11 is 1.44. The SMILES string of the molecule is CSc1cc(C(=O)O)nc2c(N3CCOCC3)nc(-c3cccc4[nH]ncc34)nc12. The molecule has 4 heterocycles. The molecule has 1 aliphatic heterocycles. The molecule has 9 nitrogen and oxygen atoms in total. The number of carboxylic acid groups (broad SMARTS) is 1. The van der Waals surface area contributed by atoms with E-state index in [0.717, 1.165) is 21.4 Å². The molecular formula is C20H18N6O3S. The van der Waals surface area contributed by atoms with Crippen LogP contribution in [0.5, 0.6) is 0 Å². The van der Waals surface area contributed by atoms with E-state index in [1.165, 1.54) is 11.8 Å². The van der Waals surface area contributed by atoms with Crippen LogP contribution in [0.1, 0.15) is 10.5 Å². The second kappa shape index (κ2) is 7.54. The van der Waals surface area contributed by atoms with E-state index in [1.54, 1.807) is 12.3 Å². The highest BCUT2D eigenvalue weighted by molar-refractivity contribution is 7.98. The zero-order valence-corrected chi connectivity index (χ0v) is 16.9. The maximum absolute atomic E-state index is 11.6. The number of ether oxygens (including phenoxy) is 1. The van der Waals surface area contributed by atoms with E-state index in [4.69, 9.17) is 14.7 Å². The summed E-state index contributed by atoms with van der Waals surface area (Å²) in [6.07, 6.45) is 3.65.